The highest BCUT2D eigenvalue weighted by Gasteiger charge is 2.15. The zero-order valence-corrected chi connectivity index (χ0v) is 24.4. The van der Waals surface area contributed by atoms with Gasteiger partial charge in [-0.1, -0.05) is 115 Å². The number of quaternary nitrogens is 1. The van der Waals surface area contributed by atoms with Crippen molar-refractivity contribution in [3.8, 4) is 0 Å². The van der Waals surface area contributed by atoms with Gasteiger partial charge < -0.3 is 30.2 Å². The van der Waals surface area contributed by atoms with Gasteiger partial charge in [0.1, 0.15) is 18.8 Å². The fraction of sp³-hybridized carbons (Fsp3) is 0.222. The van der Waals surface area contributed by atoms with Crippen LogP contribution < -0.4 is 10.8 Å². The van der Waals surface area contributed by atoms with E-state index in [1.54, 1.807) is 6.26 Å². The molecule has 0 amide bonds. The van der Waals surface area contributed by atoms with Gasteiger partial charge in [-0.3, -0.25) is 4.79 Å². The quantitative estimate of drug-likeness (QED) is 0.167. The number of rotatable bonds is 14. The molecular weight excluding hydrogens is 542 g/mol. The largest absolute Gasteiger partial charge is 0.545 e. The number of ether oxygens (including phenoxy) is 2. The van der Waals surface area contributed by atoms with Gasteiger partial charge in [-0.05, 0) is 35.3 Å². The molecule has 0 aliphatic heterocycles. The Morgan fingerprint density at radius 2 is 1.30 bits per heavy atom. The molecule has 3 atom stereocenters. The zero-order chi connectivity index (χ0) is 30.9. The van der Waals surface area contributed by atoms with Crippen molar-refractivity contribution >= 4 is 11.8 Å². The molecule has 4 aromatic rings. The fourth-order valence-electron chi connectivity index (χ4n) is 4.10. The van der Waals surface area contributed by atoms with Crippen LogP contribution in [0.1, 0.15) is 56.9 Å². The molecule has 4 aromatic carbocycles. The van der Waals surface area contributed by atoms with Crippen LogP contribution in [-0.2, 0) is 22.7 Å². The first-order chi connectivity index (χ1) is 20.8. The Hall–Kier alpha value is -4.56. The highest BCUT2D eigenvalue weighted by Crippen LogP contribution is 2.16. The van der Waals surface area contributed by atoms with Gasteiger partial charge in [0.25, 0.3) is 0 Å². The summed E-state index contributed by atoms with van der Waals surface area (Å²) in [5.41, 5.74) is 7.30. The van der Waals surface area contributed by atoms with Gasteiger partial charge in [0.2, 0.25) is 0 Å². The molecule has 0 saturated heterocycles. The predicted octanol–water partition coefficient (Wildman–Crippen LogP) is 4.54. The third-order valence-electron chi connectivity index (χ3n) is 6.55. The monoisotopic (exact) mass is 581 g/mol. The van der Waals surface area contributed by atoms with E-state index < -0.39 is 12.1 Å². The molecule has 7 nitrogen and oxygen atoms in total. The predicted molar refractivity (Wildman–Crippen MR) is 163 cm³/mol. The maximum Gasteiger partial charge on any atom is 0.163 e. The zero-order valence-electron chi connectivity index (χ0n) is 24.4. The van der Waals surface area contributed by atoms with E-state index in [0.717, 1.165) is 16.7 Å². The van der Waals surface area contributed by atoms with Crippen molar-refractivity contribution in [1.82, 2.24) is 0 Å². The molecule has 0 aromatic heterocycles. The summed E-state index contributed by atoms with van der Waals surface area (Å²) in [5, 5.41) is 20.4. The minimum Gasteiger partial charge on any atom is -0.545 e. The van der Waals surface area contributed by atoms with Crippen molar-refractivity contribution in [2.45, 2.75) is 38.7 Å². The molecule has 0 spiro atoms. The Labute approximate surface area is 253 Å². The van der Waals surface area contributed by atoms with Crippen LogP contribution in [0.15, 0.2) is 128 Å². The average molecular weight is 582 g/mol. The van der Waals surface area contributed by atoms with Crippen molar-refractivity contribution in [2.75, 3.05) is 6.61 Å². The fourth-order valence-corrected chi connectivity index (χ4v) is 4.10. The molecule has 43 heavy (non-hydrogen) atoms. The number of carbonyl (C=O) groups excluding carboxylic acids is 2. The first-order valence-electron chi connectivity index (χ1n) is 14.2. The number of hydrogen-bond donors (Lipinski definition) is 2. The van der Waals surface area contributed by atoms with E-state index in [1.165, 1.54) is 24.3 Å². The number of aliphatic hydroxyl groups excluding tert-OH is 1. The molecule has 4 rings (SSSR count). The summed E-state index contributed by atoms with van der Waals surface area (Å²) in [5.74, 6) is -1.56. The Balaban J connectivity index is 0.000000386. The second-order valence-corrected chi connectivity index (χ2v) is 10.2. The number of Topliss-reactive ketones (excluding diaryl/α,β-unsaturated/α-hetero) is 1. The second kappa shape index (κ2) is 18.1. The van der Waals surface area contributed by atoms with Gasteiger partial charge in [0, 0.05) is 17.9 Å². The Kier molecular flexibility index (Phi) is 13.9. The highest BCUT2D eigenvalue weighted by atomic mass is 16.5. The number of carboxylic acid groups (broad SMARTS) is 1. The highest BCUT2D eigenvalue weighted by molar-refractivity contribution is 5.97. The van der Waals surface area contributed by atoms with E-state index in [0.29, 0.717) is 25.4 Å². The number of carboxylic acids is 1. The number of aromatic carboxylic acids is 1. The summed E-state index contributed by atoms with van der Waals surface area (Å²) in [6.07, 6.45) is 3.22. The molecule has 224 valence electrons. The number of ketones is 1. The normalized spacial score (nSPS) is 12.9. The number of hydrogen-bond acceptors (Lipinski definition) is 6. The van der Waals surface area contributed by atoms with Crippen molar-refractivity contribution < 1.29 is 35.0 Å². The molecule has 0 aliphatic rings. The standard InChI is InChI=1S/C27H26O5.C9H13NO/c28-26(24-11-13-25(14-12-24)27(29)30)17-23(20-32-19-22-9-5-2-6-10-22)15-16-31-18-21-7-3-1-4-8-21;1-7(10)9(11)8-5-3-2-4-6-8/h1-16,23H,17-20H2,(H,29,30);2-7,9,11H,10H2,1H3/b16-15-;/t;7-,9-/m.1/s1. The van der Waals surface area contributed by atoms with E-state index in [-0.39, 0.29) is 29.7 Å². The van der Waals surface area contributed by atoms with Gasteiger partial charge in [-0.2, -0.15) is 0 Å². The van der Waals surface area contributed by atoms with Gasteiger partial charge in [-0.25, -0.2) is 0 Å². The summed E-state index contributed by atoms with van der Waals surface area (Å²) < 4.78 is 11.5. The van der Waals surface area contributed by atoms with Crippen LogP contribution >= 0.6 is 0 Å². The molecule has 1 unspecified atom stereocenters. The molecule has 0 aliphatic carbocycles. The maximum atomic E-state index is 12.7. The first kappa shape index (κ1) is 32.9. The first-order valence-corrected chi connectivity index (χ1v) is 14.2. The summed E-state index contributed by atoms with van der Waals surface area (Å²) in [4.78, 5) is 23.6. The molecule has 0 saturated carbocycles. The summed E-state index contributed by atoms with van der Waals surface area (Å²) in [7, 11) is 0. The Bertz CT molecular complexity index is 1390. The van der Waals surface area contributed by atoms with Gasteiger partial charge in [-0.15, -0.1) is 0 Å². The Morgan fingerprint density at radius 3 is 1.84 bits per heavy atom. The van der Waals surface area contributed by atoms with Crippen LogP contribution in [-0.4, -0.2) is 29.5 Å². The minimum atomic E-state index is -1.27. The van der Waals surface area contributed by atoms with E-state index in [2.05, 4.69) is 5.73 Å². The molecule has 0 radical (unpaired) electrons. The number of aliphatic hydroxyl groups is 1. The van der Waals surface area contributed by atoms with Crippen LogP contribution in [0.3, 0.4) is 0 Å². The van der Waals surface area contributed by atoms with Crippen molar-refractivity contribution in [1.29, 1.82) is 0 Å². The minimum absolute atomic E-state index is 0.0393. The summed E-state index contributed by atoms with van der Waals surface area (Å²) in [6, 6.07) is 35.0. The SMILES string of the molecule is C[C@@H]([NH3+])[C@@H](O)c1ccccc1.O=C([O-])c1ccc(C(=O)CC(/C=C\OCc2ccccc2)COCc2ccccc2)cc1. The molecular formula is C36H39NO6. The second-order valence-electron chi connectivity index (χ2n) is 10.2. The van der Waals surface area contributed by atoms with Crippen LogP contribution in [0.25, 0.3) is 0 Å². The van der Waals surface area contributed by atoms with Crippen LogP contribution in [0.5, 0.6) is 0 Å². The lowest BCUT2D eigenvalue weighted by molar-refractivity contribution is -0.433. The average Bonchev–Trinajstić information content (AvgIpc) is 3.04. The third kappa shape index (κ3) is 12.1. The van der Waals surface area contributed by atoms with Gasteiger partial charge in [0.05, 0.1) is 25.4 Å². The van der Waals surface area contributed by atoms with E-state index in [4.69, 9.17) is 9.47 Å². The van der Waals surface area contributed by atoms with Crippen molar-refractivity contribution in [2.24, 2.45) is 5.92 Å². The Morgan fingerprint density at radius 1 is 0.791 bits per heavy atom. The molecule has 0 bridgehead atoms. The van der Waals surface area contributed by atoms with Crippen LogP contribution in [0.2, 0.25) is 0 Å². The van der Waals surface area contributed by atoms with Crippen LogP contribution in [0, 0.1) is 5.92 Å². The lowest BCUT2D eigenvalue weighted by Gasteiger charge is -2.13. The molecule has 7 heteroatoms. The molecule has 0 heterocycles. The number of carbonyl (C=O) groups is 2. The summed E-state index contributed by atoms with van der Waals surface area (Å²) in [6.45, 7) is 3.14. The van der Waals surface area contributed by atoms with Crippen LogP contribution in [0.4, 0.5) is 0 Å². The third-order valence-corrected chi connectivity index (χ3v) is 6.55. The van der Waals surface area contributed by atoms with E-state index in [9.17, 15) is 19.8 Å². The van der Waals surface area contributed by atoms with Crippen molar-refractivity contribution in [3.05, 3.63) is 155 Å². The lowest BCUT2D eigenvalue weighted by atomic mass is 9.98. The van der Waals surface area contributed by atoms with Gasteiger partial charge >= 0.3 is 0 Å². The van der Waals surface area contributed by atoms with E-state index in [1.807, 2.05) is 104 Å². The van der Waals surface area contributed by atoms with E-state index >= 15 is 0 Å². The van der Waals surface area contributed by atoms with Crippen molar-refractivity contribution in [3.63, 3.8) is 0 Å². The smallest absolute Gasteiger partial charge is 0.163 e. The van der Waals surface area contributed by atoms with Gasteiger partial charge in [0.15, 0.2) is 5.78 Å². The summed E-state index contributed by atoms with van der Waals surface area (Å²) >= 11 is 0. The number of benzene rings is 4. The maximum absolute atomic E-state index is 12.7. The topological polar surface area (TPSA) is 124 Å². The lowest BCUT2D eigenvalue weighted by Crippen LogP contribution is -2.61. The molecule has 0 fully saturated rings. The molecule has 4 N–H and O–H groups in total.